The van der Waals surface area contributed by atoms with Crippen molar-refractivity contribution >= 4 is 12.0 Å². The molecule has 0 aliphatic carbocycles. The van der Waals surface area contributed by atoms with Crippen LogP contribution in [-0.4, -0.2) is 28.3 Å². The molecule has 7 heteroatoms. The van der Waals surface area contributed by atoms with E-state index in [-0.39, 0.29) is 12.3 Å². The second kappa shape index (κ2) is 6.81. The minimum atomic E-state index is -0.717. The SMILES string of the molecule is Cc1conc1CNC(=O)CC(C)(C)NC(=O)OC(C)(C)C. The van der Waals surface area contributed by atoms with Gasteiger partial charge in [0.05, 0.1) is 6.54 Å². The van der Waals surface area contributed by atoms with Crippen LogP contribution >= 0.6 is 0 Å². The normalized spacial score (nSPS) is 11.9. The lowest BCUT2D eigenvalue weighted by molar-refractivity contribution is -0.122. The molecule has 0 radical (unpaired) electrons. The standard InChI is InChI=1S/C15H25N3O4/c1-10-9-21-18-11(10)8-16-12(19)7-15(5,6)17-13(20)22-14(2,3)4/h9H,7-8H2,1-6H3,(H,16,19)(H,17,20). The van der Waals surface area contributed by atoms with Crippen LogP contribution in [-0.2, 0) is 16.1 Å². The molecule has 124 valence electrons. The highest BCUT2D eigenvalue weighted by atomic mass is 16.6. The van der Waals surface area contributed by atoms with Gasteiger partial charge in [-0.2, -0.15) is 0 Å². The second-order valence-electron chi connectivity index (χ2n) is 6.91. The lowest BCUT2D eigenvalue weighted by atomic mass is 10.0. The molecule has 0 aliphatic heterocycles. The summed E-state index contributed by atoms with van der Waals surface area (Å²) in [4.78, 5) is 23.7. The zero-order valence-corrected chi connectivity index (χ0v) is 14.1. The van der Waals surface area contributed by atoms with Gasteiger partial charge in [0.15, 0.2) is 0 Å². The lowest BCUT2D eigenvalue weighted by Crippen LogP contribution is -2.48. The summed E-state index contributed by atoms with van der Waals surface area (Å²) >= 11 is 0. The third-order valence-electron chi connectivity index (χ3n) is 2.74. The topological polar surface area (TPSA) is 93.5 Å². The highest BCUT2D eigenvalue weighted by Gasteiger charge is 2.27. The van der Waals surface area contributed by atoms with Crippen LogP contribution in [0.2, 0.25) is 0 Å². The van der Waals surface area contributed by atoms with Gasteiger partial charge in [0.1, 0.15) is 17.6 Å². The number of aromatic nitrogens is 1. The molecule has 1 heterocycles. The summed E-state index contributed by atoms with van der Waals surface area (Å²) in [5, 5.41) is 9.24. The quantitative estimate of drug-likeness (QED) is 0.870. The molecule has 0 saturated heterocycles. The summed E-state index contributed by atoms with van der Waals surface area (Å²) in [6, 6.07) is 0. The van der Waals surface area contributed by atoms with Gasteiger partial charge in [0.2, 0.25) is 5.91 Å². The fraction of sp³-hybridized carbons (Fsp3) is 0.667. The summed E-state index contributed by atoms with van der Waals surface area (Å²) in [6.45, 7) is 11.0. The highest BCUT2D eigenvalue weighted by Crippen LogP contribution is 2.12. The van der Waals surface area contributed by atoms with Gasteiger partial charge in [-0.3, -0.25) is 4.79 Å². The Bertz CT molecular complexity index is 529. The van der Waals surface area contributed by atoms with E-state index in [9.17, 15) is 9.59 Å². The summed E-state index contributed by atoms with van der Waals surface area (Å²) in [7, 11) is 0. The Balaban J connectivity index is 2.44. The molecule has 0 unspecified atom stereocenters. The number of aryl methyl sites for hydroxylation is 1. The molecule has 0 saturated carbocycles. The van der Waals surface area contributed by atoms with Crippen LogP contribution in [0.4, 0.5) is 4.79 Å². The monoisotopic (exact) mass is 311 g/mol. The third-order valence-corrected chi connectivity index (χ3v) is 2.74. The fourth-order valence-electron chi connectivity index (χ4n) is 1.75. The van der Waals surface area contributed by atoms with Gasteiger partial charge in [-0.1, -0.05) is 5.16 Å². The van der Waals surface area contributed by atoms with E-state index in [4.69, 9.17) is 9.26 Å². The number of ether oxygens (including phenoxy) is 1. The van der Waals surface area contributed by atoms with Crippen LogP contribution < -0.4 is 10.6 Å². The van der Waals surface area contributed by atoms with E-state index in [2.05, 4.69) is 15.8 Å². The van der Waals surface area contributed by atoms with Gasteiger partial charge >= 0.3 is 6.09 Å². The van der Waals surface area contributed by atoms with E-state index in [0.29, 0.717) is 12.2 Å². The van der Waals surface area contributed by atoms with Crippen molar-refractivity contribution in [2.75, 3.05) is 0 Å². The van der Waals surface area contributed by atoms with Crippen LogP contribution in [0.25, 0.3) is 0 Å². The van der Waals surface area contributed by atoms with Crippen LogP contribution in [0.5, 0.6) is 0 Å². The predicted octanol–water partition coefficient (Wildman–Crippen LogP) is 2.29. The maximum atomic E-state index is 12.0. The molecular formula is C15H25N3O4. The summed E-state index contributed by atoms with van der Waals surface area (Å²) in [5.74, 6) is -0.191. The molecule has 0 atom stereocenters. The van der Waals surface area contributed by atoms with Crippen molar-refractivity contribution in [2.45, 2.75) is 65.6 Å². The van der Waals surface area contributed by atoms with Crippen molar-refractivity contribution in [1.82, 2.24) is 15.8 Å². The van der Waals surface area contributed by atoms with Crippen LogP contribution in [0.1, 0.15) is 52.3 Å². The molecule has 1 aromatic heterocycles. The summed E-state index contributed by atoms with van der Waals surface area (Å²) < 4.78 is 9.99. The van der Waals surface area contributed by atoms with Crippen molar-refractivity contribution < 1.29 is 18.8 Å². The number of alkyl carbamates (subject to hydrolysis) is 1. The van der Waals surface area contributed by atoms with Crippen LogP contribution in [0.3, 0.4) is 0 Å². The smallest absolute Gasteiger partial charge is 0.408 e. The first-order valence-corrected chi connectivity index (χ1v) is 7.16. The number of amides is 2. The highest BCUT2D eigenvalue weighted by molar-refractivity contribution is 5.78. The molecule has 2 amide bonds. The minimum Gasteiger partial charge on any atom is -0.444 e. The Kier molecular flexibility index (Phi) is 5.57. The molecule has 1 aromatic rings. The van der Waals surface area contributed by atoms with Crippen LogP contribution in [0.15, 0.2) is 10.8 Å². The van der Waals surface area contributed by atoms with E-state index in [1.165, 1.54) is 6.26 Å². The van der Waals surface area contributed by atoms with E-state index in [1.54, 1.807) is 34.6 Å². The number of nitrogens with zero attached hydrogens (tertiary/aromatic N) is 1. The Morgan fingerprint density at radius 3 is 2.41 bits per heavy atom. The Hall–Kier alpha value is -2.05. The first-order valence-electron chi connectivity index (χ1n) is 7.16. The van der Waals surface area contributed by atoms with Crippen molar-refractivity contribution in [1.29, 1.82) is 0 Å². The van der Waals surface area contributed by atoms with Gasteiger partial charge in [0.25, 0.3) is 0 Å². The van der Waals surface area contributed by atoms with Crippen molar-refractivity contribution in [2.24, 2.45) is 0 Å². The largest absolute Gasteiger partial charge is 0.444 e. The first kappa shape index (κ1) is 18.0. The van der Waals surface area contributed by atoms with E-state index >= 15 is 0 Å². The number of hydrogen-bond donors (Lipinski definition) is 2. The van der Waals surface area contributed by atoms with Crippen molar-refractivity contribution in [3.05, 3.63) is 17.5 Å². The Morgan fingerprint density at radius 2 is 1.91 bits per heavy atom. The molecule has 0 fully saturated rings. The lowest BCUT2D eigenvalue weighted by Gasteiger charge is -2.28. The van der Waals surface area contributed by atoms with Gasteiger partial charge in [-0.15, -0.1) is 0 Å². The molecular weight excluding hydrogens is 286 g/mol. The molecule has 0 bridgehead atoms. The number of rotatable bonds is 5. The zero-order valence-electron chi connectivity index (χ0n) is 14.1. The van der Waals surface area contributed by atoms with E-state index in [0.717, 1.165) is 5.56 Å². The van der Waals surface area contributed by atoms with Crippen molar-refractivity contribution in [3.8, 4) is 0 Å². The number of hydrogen-bond acceptors (Lipinski definition) is 5. The minimum absolute atomic E-state index is 0.128. The predicted molar refractivity (Wildman–Crippen MR) is 81.2 cm³/mol. The van der Waals surface area contributed by atoms with Gasteiger partial charge in [0, 0.05) is 17.5 Å². The molecule has 2 N–H and O–H groups in total. The van der Waals surface area contributed by atoms with Gasteiger partial charge < -0.3 is 19.9 Å². The summed E-state index contributed by atoms with van der Waals surface area (Å²) in [5.41, 5.74) is 0.274. The number of nitrogens with one attached hydrogen (secondary N) is 2. The molecule has 0 aliphatic rings. The fourth-order valence-corrected chi connectivity index (χ4v) is 1.75. The van der Waals surface area contributed by atoms with Crippen LogP contribution in [0, 0.1) is 6.92 Å². The van der Waals surface area contributed by atoms with Crippen molar-refractivity contribution in [3.63, 3.8) is 0 Å². The molecule has 7 nitrogen and oxygen atoms in total. The van der Waals surface area contributed by atoms with Gasteiger partial charge in [-0.05, 0) is 41.5 Å². The number of carbonyl (C=O) groups excluding carboxylic acids is 2. The Morgan fingerprint density at radius 1 is 1.27 bits per heavy atom. The maximum Gasteiger partial charge on any atom is 0.408 e. The van der Waals surface area contributed by atoms with E-state index < -0.39 is 17.2 Å². The van der Waals surface area contributed by atoms with Gasteiger partial charge in [-0.25, -0.2) is 4.79 Å². The molecule has 0 spiro atoms. The third kappa shape index (κ3) is 6.60. The molecule has 0 aromatic carbocycles. The maximum absolute atomic E-state index is 12.0. The Labute approximate surface area is 130 Å². The zero-order chi connectivity index (χ0) is 17.0. The molecule has 1 rings (SSSR count). The second-order valence-corrected chi connectivity index (χ2v) is 6.91. The van der Waals surface area contributed by atoms with E-state index in [1.807, 2.05) is 6.92 Å². The summed E-state index contributed by atoms with van der Waals surface area (Å²) in [6.07, 6.45) is 1.11. The average molecular weight is 311 g/mol. The first-order chi connectivity index (χ1) is 9.98. The molecule has 22 heavy (non-hydrogen) atoms. The average Bonchev–Trinajstić information content (AvgIpc) is 2.67. The number of carbonyl (C=O) groups is 2.